The molecule has 0 bridgehead atoms. The van der Waals surface area contributed by atoms with Gasteiger partial charge in [-0.3, -0.25) is 4.79 Å². The van der Waals surface area contributed by atoms with Crippen molar-refractivity contribution >= 4 is 5.78 Å². The fourth-order valence-electron chi connectivity index (χ4n) is 2.75. The average Bonchev–Trinajstić information content (AvgIpc) is 2.43. The Balaban J connectivity index is 2.16. The van der Waals surface area contributed by atoms with Crippen LogP contribution in [0.3, 0.4) is 0 Å². The van der Waals surface area contributed by atoms with Crippen molar-refractivity contribution in [2.24, 2.45) is 11.8 Å². The molecule has 0 aromatic heterocycles. The molecule has 0 N–H and O–H groups in total. The summed E-state index contributed by atoms with van der Waals surface area (Å²) in [5.74, 6) is 1.81. The van der Waals surface area contributed by atoms with E-state index in [1.54, 1.807) is 0 Å². The second-order valence-electron chi connectivity index (χ2n) is 5.50. The van der Waals surface area contributed by atoms with Gasteiger partial charge < -0.3 is 0 Å². The van der Waals surface area contributed by atoms with Crippen LogP contribution in [0.15, 0.2) is 37.5 Å². The van der Waals surface area contributed by atoms with E-state index >= 15 is 0 Å². The van der Waals surface area contributed by atoms with Gasteiger partial charge in [0.05, 0.1) is 0 Å². The Labute approximate surface area is 112 Å². The predicted octanol–water partition coefficient (Wildman–Crippen LogP) is 4.85. The van der Waals surface area contributed by atoms with Gasteiger partial charge in [-0.15, -0.1) is 0 Å². The van der Waals surface area contributed by atoms with Gasteiger partial charge in [-0.05, 0) is 37.2 Å². The minimum atomic E-state index is 0.194. The summed E-state index contributed by atoms with van der Waals surface area (Å²) in [6.45, 7) is 11.2. The molecular formula is C17H26O. The number of carbonyl (C=O) groups excluding carboxylic acids is 1. The molecule has 1 aliphatic carbocycles. The van der Waals surface area contributed by atoms with Crippen LogP contribution in [0.25, 0.3) is 0 Å². The standard InChI is InChI=1S/C17H26O/c1-4-14(3)6-7-15-8-10-16(11-9-15)12-13-17(18)5-2/h4-5,15-16H,1-3,6-13H2. The third kappa shape index (κ3) is 5.48. The van der Waals surface area contributed by atoms with Crippen molar-refractivity contribution in [3.05, 3.63) is 37.5 Å². The first-order valence-corrected chi connectivity index (χ1v) is 7.11. The van der Waals surface area contributed by atoms with E-state index in [0.29, 0.717) is 6.42 Å². The molecular weight excluding hydrogens is 220 g/mol. The SMILES string of the molecule is C=CC(=C)CCC1CCC(CCC(=O)C=C)CC1. The Morgan fingerprint density at radius 3 is 1.89 bits per heavy atom. The molecule has 1 rings (SSSR count). The molecule has 0 spiro atoms. The van der Waals surface area contributed by atoms with Gasteiger partial charge in [0.1, 0.15) is 0 Å². The van der Waals surface area contributed by atoms with E-state index < -0.39 is 0 Å². The second-order valence-corrected chi connectivity index (χ2v) is 5.50. The van der Waals surface area contributed by atoms with Crippen LogP contribution in [0.5, 0.6) is 0 Å². The highest BCUT2D eigenvalue weighted by molar-refractivity contribution is 5.88. The van der Waals surface area contributed by atoms with Crippen LogP contribution < -0.4 is 0 Å². The second kappa shape index (κ2) is 8.07. The largest absolute Gasteiger partial charge is 0.295 e. The lowest BCUT2D eigenvalue weighted by atomic mass is 9.78. The van der Waals surface area contributed by atoms with Crippen molar-refractivity contribution in [2.75, 3.05) is 0 Å². The lowest BCUT2D eigenvalue weighted by Crippen LogP contribution is -2.15. The number of allylic oxidation sites excluding steroid dienone is 3. The first-order valence-electron chi connectivity index (χ1n) is 7.11. The van der Waals surface area contributed by atoms with Gasteiger partial charge in [0.25, 0.3) is 0 Å². The average molecular weight is 246 g/mol. The molecule has 0 heterocycles. The predicted molar refractivity (Wildman–Crippen MR) is 78.5 cm³/mol. The molecule has 100 valence electrons. The van der Waals surface area contributed by atoms with Crippen LogP contribution in [-0.2, 0) is 4.79 Å². The van der Waals surface area contributed by atoms with Gasteiger partial charge in [0.2, 0.25) is 0 Å². The maximum atomic E-state index is 11.2. The van der Waals surface area contributed by atoms with Crippen LogP contribution in [0, 0.1) is 11.8 Å². The summed E-state index contributed by atoms with van der Waals surface area (Å²) in [5.41, 5.74) is 1.16. The Kier molecular flexibility index (Phi) is 6.70. The normalized spacial score (nSPS) is 23.3. The molecule has 1 nitrogen and oxygen atoms in total. The van der Waals surface area contributed by atoms with Crippen LogP contribution in [0.4, 0.5) is 0 Å². The third-order valence-corrected chi connectivity index (χ3v) is 4.16. The van der Waals surface area contributed by atoms with Gasteiger partial charge in [-0.2, -0.15) is 0 Å². The van der Waals surface area contributed by atoms with E-state index in [-0.39, 0.29) is 5.78 Å². The van der Waals surface area contributed by atoms with Gasteiger partial charge in [0, 0.05) is 6.42 Å². The van der Waals surface area contributed by atoms with E-state index in [1.807, 2.05) is 6.08 Å². The van der Waals surface area contributed by atoms with Crippen molar-refractivity contribution in [3.63, 3.8) is 0 Å². The lowest BCUT2D eigenvalue weighted by molar-refractivity contribution is -0.114. The zero-order valence-corrected chi connectivity index (χ0v) is 11.5. The van der Waals surface area contributed by atoms with Crippen molar-refractivity contribution in [2.45, 2.75) is 51.4 Å². The number of hydrogen-bond acceptors (Lipinski definition) is 1. The summed E-state index contributed by atoms with van der Waals surface area (Å²) >= 11 is 0. The van der Waals surface area contributed by atoms with E-state index in [2.05, 4.69) is 19.7 Å². The molecule has 0 saturated heterocycles. The highest BCUT2D eigenvalue weighted by atomic mass is 16.1. The summed E-state index contributed by atoms with van der Waals surface area (Å²) in [5, 5.41) is 0. The molecule has 0 atom stereocenters. The molecule has 1 heteroatoms. The highest BCUT2D eigenvalue weighted by Crippen LogP contribution is 2.34. The minimum absolute atomic E-state index is 0.194. The molecule has 0 unspecified atom stereocenters. The number of rotatable bonds is 8. The first kappa shape index (κ1) is 14.9. The topological polar surface area (TPSA) is 17.1 Å². The van der Waals surface area contributed by atoms with Crippen LogP contribution in [0.2, 0.25) is 0 Å². The highest BCUT2D eigenvalue weighted by Gasteiger charge is 2.21. The van der Waals surface area contributed by atoms with Crippen molar-refractivity contribution in [1.29, 1.82) is 0 Å². The lowest BCUT2D eigenvalue weighted by Gasteiger charge is -2.28. The monoisotopic (exact) mass is 246 g/mol. The number of carbonyl (C=O) groups is 1. The van der Waals surface area contributed by atoms with Gasteiger partial charge in [-0.25, -0.2) is 0 Å². The van der Waals surface area contributed by atoms with Crippen molar-refractivity contribution < 1.29 is 4.79 Å². The zero-order chi connectivity index (χ0) is 13.4. The molecule has 0 radical (unpaired) electrons. The van der Waals surface area contributed by atoms with Crippen LogP contribution >= 0.6 is 0 Å². The fraction of sp³-hybridized carbons (Fsp3) is 0.588. The Hall–Kier alpha value is -1.11. The number of ketones is 1. The van der Waals surface area contributed by atoms with E-state index in [9.17, 15) is 4.79 Å². The fourth-order valence-corrected chi connectivity index (χ4v) is 2.75. The summed E-state index contributed by atoms with van der Waals surface area (Å²) in [7, 11) is 0. The Morgan fingerprint density at radius 2 is 1.44 bits per heavy atom. The molecule has 0 aromatic rings. The Bertz CT molecular complexity index is 274. The smallest absolute Gasteiger partial charge is 0.155 e. The van der Waals surface area contributed by atoms with E-state index in [0.717, 1.165) is 30.3 Å². The van der Waals surface area contributed by atoms with Gasteiger partial charge in [0.15, 0.2) is 5.78 Å². The molecule has 18 heavy (non-hydrogen) atoms. The summed E-state index contributed by atoms with van der Waals surface area (Å²) in [4.78, 5) is 11.2. The maximum Gasteiger partial charge on any atom is 0.155 e. The molecule has 1 fully saturated rings. The third-order valence-electron chi connectivity index (χ3n) is 4.16. The summed E-state index contributed by atoms with van der Waals surface area (Å²) in [6.07, 6.45) is 12.6. The molecule has 0 amide bonds. The molecule has 1 aliphatic rings. The first-order chi connectivity index (χ1) is 8.65. The van der Waals surface area contributed by atoms with Crippen molar-refractivity contribution in [3.8, 4) is 0 Å². The van der Waals surface area contributed by atoms with Gasteiger partial charge >= 0.3 is 0 Å². The summed E-state index contributed by atoms with van der Waals surface area (Å²) in [6, 6.07) is 0. The Morgan fingerprint density at radius 1 is 0.944 bits per heavy atom. The van der Waals surface area contributed by atoms with E-state index in [1.165, 1.54) is 38.2 Å². The van der Waals surface area contributed by atoms with Crippen molar-refractivity contribution in [1.82, 2.24) is 0 Å². The van der Waals surface area contributed by atoms with Crippen LogP contribution in [0.1, 0.15) is 51.4 Å². The minimum Gasteiger partial charge on any atom is -0.295 e. The number of hydrogen-bond donors (Lipinski definition) is 0. The van der Waals surface area contributed by atoms with Gasteiger partial charge in [-0.1, -0.05) is 57.1 Å². The molecule has 0 aliphatic heterocycles. The van der Waals surface area contributed by atoms with Crippen LogP contribution in [-0.4, -0.2) is 5.78 Å². The summed E-state index contributed by atoms with van der Waals surface area (Å²) < 4.78 is 0. The zero-order valence-electron chi connectivity index (χ0n) is 11.5. The molecule has 1 saturated carbocycles. The molecule has 0 aromatic carbocycles. The quantitative estimate of drug-likeness (QED) is 0.442. The maximum absolute atomic E-state index is 11.2. The van der Waals surface area contributed by atoms with E-state index in [4.69, 9.17) is 0 Å².